The molecule has 0 saturated heterocycles. The molecule has 0 aliphatic heterocycles. The Morgan fingerprint density at radius 1 is 1.13 bits per heavy atom. The Bertz CT molecular complexity index is 485. The largest absolute Gasteiger partial charge is 0.478 e. The van der Waals surface area contributed by atoms with Gasteiger partial charge in [0.25, 0.3) is 0 Å². The van der Waals surface area contributed by atoms with E-state index in [-0.39, 0.29) is 5.56 Å². The SMILES string of the molecule is O=C(O)C1=Cc2cc(C(=O)O)ccc2C1. The van der Waals surface area contributed by atoms with Crippen molar-refractivity contribution in [2.45, 2.75) is 6.42 Å². The second-order valence-corrected chi connectivity index (χ2v) is 3.37. The third-order valence-corrected chi connectivity index (χ3v) is 2.38. The molecule has 0 radical (unpaired) electrons. The number of hydrogen-bond acceptors (Lipinski definition) is 2. The monoisotopic (exact) mass is 204 g/mol. The lowest BCUT2D eigenvalue weighted by atomic mass is 10.1. The molecule has 2 N–H and O–H groups in total. The minimum atomic E-state index is -1.00. The number of carbonyl (C=O) groups is 2. The molecule has 0 bridgehead atoms. The normalized spacial score (nSPS) is 13.2. The fraction of sp³-hybridized carbons (Fsp3) is 0.0909. The van der Waals surface area contributed by atoms with E-state index in [9.17, 15) is 9.59 Å². The van der Waals surface area contributed by atoms with Gasteiger partial charge in [-0.15, -0.1) is 0 Å². The van der Waals surface area contributed by atoms with E-state index in [0.29, 0.717) is 17.6 Å². The van der Waals surface area contributed by atoms with Crippen LogP contribution in [0.5, 0.6) is 0 Å². The first kappa shape index (κ1) is 9.45. The molecule has 0 spiro atoms. The van der Waals surface area contributed by atoms with Gasteiger partial charge in [-0.2, -0.15) is 0 Å². The fourth-order valence-electron chi connectivity index (χ4n) is 1.60. The van der Waals surface area contributed by atoms with E-state index in [2.05, 4.69) is 0 Å². The average molecular weight is 204 g/mol. The van der Waals surface area contributed by atoms with Crippen molar-refractivity contribution in [3.63, 3.8) is 0 Å². The summed E-state index contributed by atoms with van der Waals surface area (Å²) in [6.45, 7) is 0. The molecule has 76 valence electrons. The topological polar surface area (TPSA) is 74.6 Å². The van der Waals surface area contributed by atoms with Crippen LogP contribution in [0.15, 0.2) is 23.8 Å². The molecule has 0 heterocycles. The van der Waals surface area contributed by atoms with E-state index in [1.165, 1.54) is 18.2 Å². The van der Waals surface area contributed by atoms with Crippen LogP contribution < -0.4 is 0 Å². The van der Waals surface area contributed by atoms with Crippen LogP contribution in [-0.4, -0.2) is 22.2 Å². The van der Waals surface area contributed by atoms with Gasteiger partial charge in [-0.25, -0.2) is 9.59 Å². The first-order valence-corrected chi connectivity index (χ1v) is 4.38. The Labute approximate surface area is 85.5 Å². The van der Waals surface area contributed by atoms with Crippen LogP contribution in [0, 0.1) is 0 Å². The molecule has 4 nitrogen and oxygen atoms in total. The van der Waals surface area contributed by atoms with Gasteiger partial charge in [0.1, 0.15) is 0 Å². The summed E-state index contributed by atoms with van der Waals surface area (Å²) in [6, 6.07) is 4.64. The second-order valence-electron chi connectivity index (χ2n) is 3.37. The smallest absolute Gasteiger partial charge is 0.335 e. The number of carboxylic acid groups (broad SMARTS) is 2. The maximum Gasteiger partial charge on any atom is 0.335 e. The third kappa shape index (κ3) is 1.61. The number of fused-ring (bicyclic) bond motifs is 1. The second kappa shape index (κ2) is 3.24. The highest BCUT2D eigenvalue weighted by atomic mass is 16.4. The Hall–Kier alpha value is -2.10. The Morgan fingerprint density at radius 2 is 1.87 bits per heavy atom. The van der Waals surface area contributed by atoms with Crippen molar-refractivity contribution in [2.75, 3.05) is 0 Å². The lowest BCUT2D eigenvalue weighted by Gasteiger charge is -1.99. The molecule has 1 aromatic carbocycles. The molecule has 1 aliphatic carbocycles. The van der Waals surface area contributed by atoms with Crippen LogP contribution >= 0.6 is 0 Å². The van der Waals surface area contributed by atoms with Crippen LogP contribution in [0.1, 0.15) is 21.5 Å². The van der Waals surface area contributed by atoms with Gasteiger partial charge < -0.3 is 10.2 Å². The van der Waals surface area contributed by atoms with Crippen molar-refractivity contribution in [2.24, 2.45) is 0 Å². The summed E-state index contributed by atoms with van der Waals surface area (Å²) in [5, 5.41) is 17.5. The van der Waals surface area contributed by atoms with Gasteiger partial charge in [0, 0.05) is 12.0 Å². The molecule has 0 fully saturated rings. The van der Waals surface area contributed by atoms with E-state index < -0.39 is 11.9 Å². The number of hydrogen-bond donors (Lipinski definition) is 2. The number of benzene rings is 1. The Morgan fingerprint density at radius 3 is 2.47 bits per heavy atom. The molecule has 4 heteroatoms. The summed E-state index contributed by atoms with van der Waals surface area (Å²) in [7, 11) is 0. The quantitative estimate of drug-likeness (QED) is 0.763. The summed E-state index contributed by atoms with van der Waals surface area (Å²) < 4.78 is 0. The number of rotatable bonds is 2. The summed E-state index contributed by atoms with van der Waals surface area (Å²) in [6.07, 6.45) is 1.88. The highest BCUT2D eigenvalue weighted by molar-refractivity contribution is 5.96. The fourth-order valence-corrected chi connectivity index (χ4v) is 1.60. The average Bonchev–Trinajstić information content (AvgIpc) is 2.59. The van der Waals surface area contributed by atoms with Crippen molar-refractivity contribution in [3.8, 4) is 0 Å². The van der Waals surface area contributed by atoms with Crippen molar-refractivity contribution >= 4 is 18.0 Å². The maximum atomic E-state index is 10.7. The van der Waals surface area contributed by atoms with E-state index in [1.54, 1.807) is 6.07 Å². The van der Waals surface area contributed by atoms with Gasteiger partial charge in [0.05, 0.1) is 5.56 Å². The van der Waals surface area contributed by atoms with Gasteiger partial charge >= 0.3 is 11.9 Å². The van der Waals surface area contributed by atoms with E-state index in [4.69, 9.17) is 10.2 Å². The molecule has 1 aromatic rings. The lowest BCUT2D eigenvalue weighted by molar-refractivity contribution is -0.132. The molecule has 1 aliphatic rings. The minimum Gasteiger partial charge on any atom is -0.478 e. The lowest BCUT2D eigenvalue weighted by Crippen LogP contribution is -1.99. The van der Waals surface area contributed by atoms with Gasteiger partial charge in [-0.3, -0.25) is 0 Å². The summed E-state index contributed by atoms with van der Waals surface area (Å²) in [5.41, 5.74) is 2.02. The minimum absolute atomic E-state index is 0.177. The molecule has 0 amide bonds. The highest BCUT2D eigenvalue weighted by Gasteiger charge is 2.18. The van der Waals surface area contributed by atoms with E-state index in [0.717, 1.165) is 5.56 Å². The van der Waals surface area contributed by atoms with Crippen molar-refractivity contribution in [1.82, 2.24) is 0 Å². The van der Waals surface area contributed by atoms with Gasteiger partial charge in [0.15, 0.2) is 0 Å². The van der Waals surface area contributed by atoms with Gasteiger partial charge in [-0.1, -0.05) is 6.07 Å². The van der Waals surface area contributed by atoms with E-state index in [1.807, 2.05) is 0 Å². The molecule has 0 atom stereocenters. The first-order valence-electron chi connectivity index (χ1n) is 4.38. The number of aromatic carboxylic acids is 1. The summed E-state index contributed by atoms with van der Waals surface area (Å²) in [5.74, 6) is -1.96. The maximum absolute atomic E-state index is 10.7. The molecular formula is C11H8O4. The van der Waals surface area contributed by atoms with E-state index >= 15 is 0 Å². The van der Waals surface area contributed by atoms with Crippen molar-refractivity contribution in [3.05, 3.63) is 40.5 Å². The zero-order chi connectivity index (χ0) is 11.0. The molecule has 15 heavy (non-hydrogen) atoms. The van der Waals surface area contributed by atoms with Crippen molar-refractivity contribution in [1.29, 1.82) is 0 Å². The Balaban J connectivity index is 2.43. The number of aliphatic carboxylic acids is 1. The van der Waals surface area contributed by atoms with Crippen LogP contribution in [-0.2, 0) is 11.2 Å². The summed E-state index contributed by atoms with van der Waals surface area (Å²) >= 11 is 0. The van der Waals surface area contributed by atoms with Crippen LogP contribution in [0.25, 0.3) is 6.08 Å². The van der Waals surface area contributed by atoms with Crippen molar-refractivity contribution < 1.29 is 19.8 Å². The summed E-state index contributed by atoms with van der Waals surface area (Å²) in [4.78, 5) is 21.4. The standard InChI is InChI=1S/C11H8O4/c12-10(13)7-2-1-6-3-9(11(14)15)5-8(6)4-7/h1-2,4-5H,3H2,(H,12,13)(H,14,15). The first-order chi connectivity index (χ1) is 7.08. The molecule has 2 rings (SSSR count). The molecule has 0 unspecified atom stereocenters. The zero-order valence-corrected chi connectivity index (χ0v) is 7.73. The third-order valence-electron chi connectivity index (χ3n) is 2.38. The molecular weight excluding hydrogens is 196 g/mol. The van der Waals surface area contributed by atoms with Gasteiger partial charge in [0.2, 0.25) is 0 Å². The highest BCUT2D eigenvalue weighted by Crippen LogP contribution is 2.25. The van der Waals surface area contributed by atoms with Crippen LogP contribution in [0.3, 0.4) is 0 Å². The van der Waals surface area contributed by atoms with Gasteiger partial charge in [-0.05, 0) is 29.3 Å². The predicted molar refractivity (Wildman–Crippen MR) is 52.7 cm³/mol. The number of carboxylic acids is 2. The van der Waals surface area contributed by atoms with Crippen LogP contribution in [0.2, 0.25) is 0 Å². The Kier molecular flexibility index (Phi) is 2.04. The zero-order valence-electron chi connectivity index (χ0n) is 7.73. The molecule has 0 aromatic heterocycles. The molecule has 0 saturated carbocycles. The predicted octanol–water partition coefficient (Wildman–Crippen LogP) is 1.41. The van der Waals surface area contributed by atoms with Crippen LogP contribution in [0.4, 0.5) is 0 Å².